The molecule has 3 aromatic heterocycles. The zero-order valence-electron chi connectivity index (χ0n) is 12.8. The van der Waals surface area contributed by atoms with Gasteiger partial charge in [-0.3, -0.25) is 4.79 Å². The van der Waals surface area contributed by atoms with Crippen LogP contribution in [0.3, 0.4) is 0 Å². The predicted octanol–water partition coefficient (Wildman–Crippen LogP) is 2.29. The molecular weight excluding hydrogens is 290 g/mol. The van der Waals surface area contributed by atoms with Gasteiger partial charge in [-0.05, 0) is 37.2 Å². The van der Waals surface area contributed by atoms with Crippen molar-refractivity contribution in [2.24, 2.45) is 11.8 Å². The molecule has 5 rings (SSSR count). The fourth-order valence-electron chi connectivity index (χ4n) is 4.44. The fourth-order valence-corrected chi connectivity index (χ4v) is 4.44. The lowest BCUT2D eigenvalue weighted by molar-refractivity contribution is -0.121. The maximum atomic E-state index is 12.3. The standard InChI is InChI=1S/C17H19N5O/c23-15(21-12-6-9-1-2-10(12)5-9)7-14-20-13-8-19-17-11(3-4-18-17)16(13)22-14/h3-4,8-10,12H,1-2,5-7H2,(H,18,19)(H,20,22)(H,21,23). The second-order valence-electron chi connectivity index (χ2n) is 6.97. The van der Waals surface area contributed by atoms with Gasteiger partial charge in [0.1, 0.15) is 17.0 Å². The van der Waals surface area contributed by atoms with E-state index in [2.05, 4.69) is 25.3 Å². The Bertz CT molecular complexity index is 895. The number of aromatic amines is 2. The first kappa shape index (κ1) is 13.1. The molecule has 2 aliphatic carbocycles. The van der Waals surface area contributed by atoms with Gasteiger partial charge in [0.15, 0.2) is 0 Å². The quantitative estimate of drug-likeness (QED) is 0.694. The van der Waals surface area contributed by atoms with Crippen LogP contribution in [0, 0.1) is 11.8 Å². The van der Waals surface area contributed by atoms with Crippen molar-refractivity contribution in [2.75, 3.05) is 0 Å². The van der Waals surface area contributed by atoms with Crippen molar-refractivity contribution in [1.29, 1.82) is 0 Å². The number of nitrogens with zero attached hydrogens (tertiary/aromatic N) is 2. The Morgan fingerprint density at radius 3 is 3.13 bits per heavy atom. The van der Waals surface area contributed by atoms with Gasteiger partial charge in [-0.15, -0.1) is 0 Å². The van der Waals surface area contributed by atoms with E-state index in [1.54, 1.807) is 6.20 Å². The number of H-pyrrole nitrogens is 2. The summed E-state index contributed by atoms with van der Waals surface area (Å²) in [6, 6.07) is 2.34. The smallest absolute Gasteiger partial charge is 0.227 e. The van der Waals surface area contributed by atoms with Gasteiger partial charge in [0.2, 0.25) is 5.91 Å². The van der Waals surface area contributed by atoms with E-state index in [1.165, 1.54) is 19.3 Å². The number of hydrogen-bond acceptors (Lipinski definition) is 3. The molecule has 6 nitrogen and oxygen atoms in total. The van der Waals surface area contributed by atoms with E-state index in [-0.39, 0.29) is 5.91 Å². The van der Waals surface area contributed by atoms with Gasteiger partial charge in [0.05, 0.1) is 18.1 Å². The molecule has 0 radical (unpaired) electrons. The largest absolute Gasteiger partial charge is 0.353 e. The van der Waals surface area contributed by atoms with Crippen molar-refractivity contribution >= 4 is 28.0 Å². The minimum absolute atomic E-state index is 0.0693. The summed E-state index contributed by atoms with van der Waals surface area (Å²) >= 11 is 0. The highest BCUT2D eigenvalue weighted by Crippen LogP contribution is 2.44. The SMILES string of the molecule is O=C(Cc1nc2c(cnc3[nH]ccc32)[nH]1)NC1CC2CCC1C2. The molecule has 1 amide bonds. The zero-order valence-corrected chi connectivity index (χ0v) is 12.8. The molecule has 0 aromatic carbocycles. The molecule has 6 heteroatoms. The maximum Gasteiger partial charge on any atom is 0.227 e. The van der Waals surface area contributed by atoms with Gasteiger partial charge < -0.3 is 15.3 Å². The van der Waals surface area contributed by atoms with E-state index in [9.17, 15) is 4.79 Å². The molecule has 2 fully saturated rings. The van der Waals surface area contributed by atoms with Crippen molar-refractivity contribution in [2.45, 2.75) is 38.1 Å². The van der Waals surface area contributed by atoms with E-state index >= 15 is 0 Å². The maximum absolute atomic E-state index is 12.3. The van der Waals surface area contributed by atoms with Crippen molar-refractivity contribution < 1.29 is 4.79 Å². The second kappa shape index (κ2) is 4.81. The average Bonchev–Trinajstić information content (AvgIpc) is 3.29. The van der Waals surface area contributed by atoms with Crippen LogP contribution >= 0.6 is 0 Å². The van der Waals surface area contributed by atoms with E-state index in [1.807, 2.05) is 12.3 Å². The zero-order chi connectivity index (χ0) is 15.4. The third-order valence-electron chi connectivity index (χ3n) is 5.50. The minimum atomic E-state index is 0.0693. The topological polar surface area (TPSA) is 86.5 Å². The highest BCUT2D eigenvalue weighted by Gasteiger charge is 2.40. The van der Waals surface area contributed by atoms with E-state index in [0.717, 1.165) is 34.4 Å². The van der Waals surface area contributed by atoms with Crippen LogP contribution in [0.4, 0.5) is 0 Å². The first-order valence-electron chi connectivity index (χ1n) is 8.36. The Labute approximate surface area is 133 Å². The monoisotopic (exact) mass is 309 g/mol. The van der Waals surface area contributed by atoms with Gasteiger partial charge in [-0.2, -0.15) is 0 Å². The molecule has 118 valence electrons. The highest BCUT2D eigenvalue weighted by atomic mass is 16.1. The van der Waals surface area contributed by atoms with Gasteiger partial charge in [0.25, 0.3) is 0 Å². The average molecular weight is 309 g/mol. The number of carbonyl (C=O) groups excluding carboxylic acids is 1. The number of imidazole rings is 1. The van der Waals surface area contributed by atoms with Gasteiger partial charge in [-0.25, -0.2) is 9.97 Å². The predicted molar refractivity (Wildman–Crippen MR) is 86.8 cm³/mol. The molecule has 23 heavy (non-hydrogen) atoms. The molecule has 0 saturated heterocycles. The van der Waals surface area contributed by atoms with Crippen LogP contribution in [0.15, 0.2) is 18.5 Å². The Morgan fingerprint density at radius 2 is 2.30 bits per heavy atom. The Hall–Kier alpha value is -2.37. The molecule has 3 N–H and O–H groups in total. The lowest BCUT2D eigenvalue weighted by Gasteiger charge is -2.22. The molecule has 0 aliphatic heterocycles. The van der Waals surface area contributed by atoms with Crippen molar-refractivity contribution in [1.82, 2.24) is 25.3 Å². The van der Waals surface area contributed by atoms with Crippen LogP contribution in [0.2, 0.25) is 0 Å². The summed E-state index contributed by atoms with van der Waals surface area (Å²) in [4.78, 5) is 27.6. The van der Waals surface area contributed by atoms with Crippen LogP contribution < -0.4 is 5.32 Å². The minimum Gasteiger partial charge on any atom is -0.353 e. The number of pyridine rings is 1. The Balaban J connectivity index is 1.35. The third-order valence-corrected chi connectivity index (χ3v) is 5.50. The molecule has 3 atom stereocenters. The Morgan fingerprint density at radius 1 is 1.35 bits per heavy atom. The molecule has 3 unspecified atom stereocenters. The molecular formula is C17H19N5O. The lowest BCUT2D eigenvalue weighted by atomic mass is 9.95. The number of carbonyl (C=O) groups is 1. The normalized spacial score (nSPS) is 26.3. The number of amides is 1. The lowest BCUT2D eigenvalue weighted by Crippen LogP contribution is -2.39. The second-order valence-corrected chi connectivity index (χ2v) is 6.97. The third kappa shape index (κ3) is 2.12. The number of fused-ring (bicyclic) bond motifs is 5. The summed E-state index contributed by atoms with van der Waals surface area (Å²) in [5, 5.41) is 4.20. The number of aromatic nitrogens is 4. The number of nitrogens with one attached hydrogen (secondary N) is 3. The number of hydrogen-bond donors (Lipinski definition) is 3. The molecule has 2 aliphatic rings. The van der Waals surface area contributed by atoms with Gasteiger partial charge in [0, 0.05) is 17.6 Å². The summed E-state index contributed by atoms with van der Waals surface area (Å²) in [7, 11) is 0. The summed E-state index contributed by atoms with van der Waals surface area (Å²) in [5.74, 6) is 2.31. The summed E-state index contributed by atoms with van der Waals surface area (Å²) < 4.78 is 0. The summed E-state index contributed by atoms with van der Waals surface area (Å²) in [6.07, 6.45) is 9.00. The van der Waals surface area contributed by atoms with Crippen LogP contribution in [0.25, 0.3) is 22.1 Å². The highest BCUT2D eigenvalue weighted by molar-refractivity contribution is 6.00. The van der Waals surface area contributed by atoms with Crippen molar-refractivity contribution in [3.63, 3.8) is 0 Å². The van der Waals surface area contributed by atoms with E-state index in [4.69, 9.17) is 0 Å². The van der Waals surface area contributed by atoms with Gasteiger partial charge >= 0.3 is 0 Å². The van der Waals surface area contributed by atoms with Gasteiger partial charge in [-0.1, -0.05) is 6.42 Å². The first-order valence-corrected chi connectivity index (χ1v) is 8.36. The molecule has 3 heterocycles. The molecule has 3 aromatic rings. The number of rotatable bonds is 3. The van der Waals surface area contributed by atoms with E-state index < -0.39 is 0 Å². The molecule has 2 saturated carbocycles. The fraction of sp³-hybridized carbons (Fsp3) is 0.471. The van der Waals surface area contributed by atoms with Crippen LogP contribution in [-0.2, 0) is 11.2 Å². The molecule has 2 bridgehead atoms. The van der Waals surface area contributed by atoms with Crippen LogP contribution in [0.5, 0.6) is 0 Å². The van der Waals surface area contributed by atoms with Crippen LogP contribution in [0.1, 0.15) is 31.5 Å². The summed E-state index contributed by atoms with van der Waals surface area (Å²) in [6.45, 7) is 0. The van der Waals surface area contributed by atoms with E-state index in [0.29, 0.717) is 24.2 Å². The first-order chi connectivity index (χ1) is 11.3. The summed E-state index contributed by atoms with van der Waals surface area (Å²) in [5.41, 5.74) is 2.57. The van der Waals surface area contributed by atoms with Crippen molar-refractivity contribution in [3.8, 4) is 0 Å². The Kier molecular flexibility index (Phi) is 2.74. The van der Waals surface area contributed by atoms with Crippen molar-refractivity contribution in [3.05, 3.63) is 24.3 Å². The van der Waals surface area contributed by atoms with Crippen LogP contribution in [-0.4, -0.2) is 31.9 Å². The molecule has 0 spiro atoms.